The average molecular weight is 624 g/mol. The van der Waals surface area contributed by atoms with E-state index in [4.69, 9.17) is 27.9 Å². The van der Waals surface area contributed by atoms with E-state index in [0.29, 0.717) is 27.6 Å². The van der Waals surface area contributed by atoms with Crippen molar-refractivity contribution in [3.63, 3.8) is 0 Å². The Morgan fingerprint density at radius 3 is 2.39 bits per heavy atom. The molecule has 0 aliphatic carbocycles. The van der Waals surface area contributed by atoms with Crippen LogP contribution < -0.4 is 10.1 Å². The number of halogens is 2. The topological polar surface area (TPSA) is 75.7 Å². The smallest absolute Gasteiger partial charge is 0.238 e. The molecule has 4 aromatic rings. The fraction of sp³-hybridized carbons (Fsp3) is 0.194. The van der Waals surface area contributed by atoms with E-state index in [0.717, 1.165) is 11.1 Å². The summed E-state index contributed by atoms with van der Waals surface area (Å²) in [5.74, 6) is -1.50. The van der Waals surface area contributed by atoms with Crippen molar-refractivity contribution < 1.29 is 19.1 Å². The number of rotatable bonds is 6. The van der Waals surface area contributed by atoms with E-state index >= 15 is 0 Å². The maximum atomic E-state index is 15.0. The van der Waals surface area contributed by atoms with Crippen molar-refractivity contribution in [3.8, 4) is 5.75 Å². The van der Waals surface area contributed by atoms with Crippen LogP contribution in [0, 0.1) is 5.92 Å². The Bertz CT molecular complexity index is 1870. The molecule has 7 rings (SSSR count). The highest BCUT2D eigenvalue weighted by molar-refractivity contribution is 6.37. The second-order valence-electron chi connectivity index (χ2n) is 11.6. The minimum atomic E-state index is -1.43. The van der Waals surface area contributed by atoms with E-state index in [9.17, 15) is 14.4 Å². The number of benzene rings is 4. The molecule has 0 unspecified atom stereocenters. The first-order valence-electron chi connectivity index (χ1n) is 14.5. The Morgan fingerprint density at radius 1 is 0.909 bits per heavy atom. The third-order valence-electron chi connectivity index (χ3n) is 8.83. The Hall–Kier alpha value is -4.39. The van der Waals surface area contributed by atoms with Gasteiger partial charge in [-0.3, -0.25) is 14.4 Å². The monoisotopic (exact) mass is 622 g/mol. The molecule has 3 aliphatic rings. The van der Waals surface area contributed by atoms with Crippen LogP contribution in [0.1, 0.15) is 57.3 Å². The van der Waals surface area contributed by atoms with Gasteiger partial charge in [-0.05, 0) is 85.1 Å². The number of nitrogens with zero attached hydrogens (tertiary/aromatic N) is 1. The van der Waals surface area contributed by atoms with Crippen molar-refractivity contribution in [2.75, 3.05) is 5.32 Å². The highest BCUT2D eigenvalue weighted by Crippen LogP contribution is 2.62. The van der Waals surface area contributed by atoms with Crippen LogP contribution in [0.25, 0.3) is 6.08 Å². The van der Waals surface area contributed by atoms with Crippen LogP contribution in [-0.4, -0.2) is 34.5 Å². The molecular weight excluding hydrogens is 595 g/mol. The van der Waals surface area contributed by atoms with Crippen molar-refractivity contribution in [2.24, 2.45) is 5.92 Å². The summed E-state index contributed by atoms with van der Waals surface area (Å²) in [5, 5.41) is 3.63. The molecule has 1 fully saturated rings. The summed E-state index contributed by atoms with van der Waals surface area (Å²) < 4.78 is 5.82. The number of ketones is 2. The number of hydrogen-bond acceptors (Lipinski definition) is 5. The van der Waals surface area contributed by atoms with Gasteiger partial charge in [-0.15, -0.1) is 0 Å². The standard InChI is InChI=1S/C36H28Cl2N2O4/c1-20(2)44-24-14-11-22(12-15-24)32(41)30-31(33(42)26-16-13-23(37)19-28(26)38)40-18-17-21-7-3-4-8-25(21)34(40)36(30)27-9-5-6-10-29(27)39-35(36)43/h3-20,30-31,34H,1-2H3,(H,39,43)/t30-,31+,34-,36+/m0/s1. The Kier molecular flexibility index (Phi) is 6.87. The number of ether oxygens (including phenoxy) is 1. The molecule has 44 heavy (non-hydrogen) atoms. The Morgan fingerprint density at radius 2 is 1.64 bits per heavy atom. The SMILES string of the molecule is CC(C)Oc1ccc(C(=O)[C@@H]2[C@H](C(=O)c3ccc(Cl)cc3Cl)N3C=Cc4ccccc4[C@H]3[C@]23C(=O)Nc2ccccc23)cc1. The van der Waals surface area contributed by atoms with E-state index in [2.05, 4.69) is 5.32 Å². The van der Waals surface area contributed by atoms with Gasteiger partial charge in [-0.1, -0.05) is 65.7 Å². The number of Topliss-reactive ketones (excluding diaryl/α,β-unsaturated/α-hetero) is 2. The van der Waals surface area contributed by atoms with Crippen molar-refractivity contribution in [1.82, 2.24) is 4.90 Å². The van der Waals surface area contributed by atoms with E-state index in [1.165, 1.54) is 6.07 Å². The van der Waals surface area contributed by atoms with Crippen molar-refractivity contribution >= 4 is 52.4 Å². The molecule has 1 spiro atoms. The quantitative estimate of drug-likeness (QED) is 0.222. The summed E-state index contributed by atoms with van der Waals surface area (Å²) >= 11 is 12.8. The number of carbonyl (C=O) groups is 3. The lowest BCUT2D eigenvalue weighted by atomic mass is 9.62. The van der Waals surface area contributed by atoms with Gasteiger partial charge < -0.3 is 15.0 Å². The minimum absolute atomic E-state index is 0.0396. The second-order valence-corrected chi connectivity index (χ2v) is 12.5. The summed E-state index contributed by atoms with van der Waals surface area (Å²) in [7, 11) is 0. The summed E-state index contributed by atoms with van der Waals surface area (Å²) in [6, 6.07) is 25.1. The van der Waals surface area contributed by atoms with Crippen molar-refractivity contribution in [1.29, 1.82) is 0 Å². The van der Waals surface area contributed by atoms with Crippen LogP contribution in [0.5, 0.6) is 5.75 Å². The van der Waals surface area contributed by atoms with Crippen molar-refractivity contribution in [3.05, 3.63) is 135 Å². The summed E-state index contributed by atoms with van der Waals surface area (Å²) in [5.41, 5.74) is 2.26. The first kappa shape index (κ1) is 28.4. The van der Waals surface area contributed by atoms with E-state index in [-0.39, 0.29) is 34.2 Å². The lowest BCUT2D eigenvalue weighted by Gasteiger charge is -2.38. The highest BCUT2D eigenvalue weighted by atomic mass is 35.5. The Balaban J connectivity index is 1.49. The molecule has 0 aromatic heterocycles. The normalized spacial score (nSPS) is 22.9. The van der Waals surface area contributed by atoms with E-state index in [1.54, 1.807) is 36.4 Å². The molecule has 4 atom stereocenters. The molecule has 0 bridgehead atoms. The predicted octanol–water partition coefficient (Wildman–Crippen LogP) is 7.76. The molecule has 220 valence electrons. The molecule has 1 amide bonds. The maximum absolute atomic E-state index is 15.0. The van der Waals surface area contributed by atoms with E-state index in [1.807, 2.05) is 79.6 Å². The number of para-hydroxylation sites is 1. The number of nitrogens with one attached hydrogen (secondary N) is 1. The first-order valence-corrected chi connectivity index (χ1v) is 15.2. The molecule has 8 heteroatoms. The molecule has 4 aromatic carbocycles. The molecule has 6 nitrogen and oxygen atoms in total. The van der Waals surface area contributed by atoms with Crippen LogP contribution in [0.3, 0.4) is 0 Å². The maximum Gasteiger partial charge on any atom is 0.238 e. The predicted molar refractivity (Wildman–Crippen MR) is 171 cm³/mol. The third-order valence-corrected chi connectivity index (χ3v) is 9.38. The van der Waals surface area contributed by atoms with Gasteiger partial charge in [0.2, 0.25) is 5.91 Å². The van der Waals surface area contributed by atoms with Crippen LogP contribution in [0.15, 0.2) is 97.2 Å². The van der Waals surface area contributed by atoms with Gasteiger partial charge in [0, 0.05) is 28.0 Å². The molecule has 3 heterocycles. The minimum Gasteiger partial charge on any atom is -0.491 e. The lowest BCUT2D eigenvalue weighted by molar-refractivity contribution is -0.122. The van der Waals surface area contributed by atoms with Crippen LogP contribution in [-0.2, 0) is 10.2 Å². The van der Waals surface area contributed by atoms with Crippen LogP contribution >= 0.6 is 23.2 Å². The van der Waals surface area contributed by atoms with Gasteiger partial charge in [0.05, 0.1) is 23.1 Å². The van der Waals surface area contributed by atoms with Gasteiger partial charge in [0.15, 0.2) is 11.6 Å². The zero-order chi connectivity index (χ0) is 30.7. The Labute approximate surface area is 265 Å². The first-order chi connectivity index (χ1) is 21.2. The van der Waals surface area contributed by atoms with Crippen LogP contribution in [0.4, 0.5) is 5.69 Å². The number of fused-ring (bicyclic) bond motifs is 6. The summed E-state index contributed by atoms with van der Waals surface area (Å²) in [4.78, 5) is 46.1. The molecule has 0 saturated carbocycles. The summed E-state index contributed by atoms with van der Waals surface area (Å²) in [6.07, 6.45) is 3.72. The van der Waals surface area contributed by atoms with E-state index < -0.39 is 23.4 Å². The molecule has 1 N–H and O–H groups in total. The lowest BCUT2D eigenvalue weighted by Crippen LogP contribution is -2.49. The molecule has 3 aliphatic heterocycles. The third kappa shape index (κ3) is 4.20. The summed E-state index contributed by atoms with van der Waals surface area (Å²) in [6.45, 7) is 3.86. The van der Waals surface area contributed by atoms with Crippen LogP contribution in [0.2, 0.25) is 10.0 Å². The van der Waals surface area contributed by atoms with Gasteiger partial charge in [0.25, 0.3) is 0 Å². The fourth-order valence-corrected chi connectivity index (χ4v) is 7.67. The zero-order valence-electron chi connectivity index (χ0n) is 24.0. The number of hydrogen-bond donors (Lipinski definition) is 1. The number of anilines is 1. The fourth-order valence-electron chi connectivity index (χ4n) is 7.17. The van der Waals surface area contributed by atoms with Gasteiger partial charge in [0.1, 0.15) is 17.2 Å². The van der Waals surface area contributed by atoms with Gasteiger partial charge >= 0.3 is 0 Å². The van der Waals surface area contributed by atoms with Gasteiger partial charge in [-0.25, -0.2) is 0 Å². The number of carbonyl (C=O) groups excluding carboxylic acids is 3. The molecule has 1 saturated heterocycles. The largest absolute Gasteiger partial charge is 0.491 e. The molecule has 0 radical (unpaired) electrons. The molecular formula is C36H28Cl2N2O4. The average Bonchev–Trinajstić information content (AvgIpc) is 3.49. The second kappa shape index (κ2) is 10.7. The van der Waals surface area contributed by atoms with Crippen molar-refractivity contribution in [2.45, 2.75) is 37.5 Å². The highest BCUT2D eigenvalue weighted by Gasteiger charge is 2.70. The zero-order valence-corrected chi connectivity index (χ0v) is 25.5. The van der Waals surface area contributed by atoms with Gasteiger partial charge in [-0.2, -0.15) is 0 Å². The number of amides is 1.